The molecule has 1 spiro atoms. The van der Waals surface area contributed by atoms with Crippen molar-refractivity contribution in [1.82, 2.24) is 0 Å². The molecule has 2 aliphatic carbocycles. The molecule has 0 aromatic heterocycles. The molecular formula is C38H50O6. The van der Waals surface area contributed by atoms with Gasteiger partial charge < -0.3 is 14.9 Å². The van der Waals surface area contributed by atoms with Crippen LogP contribution in [-0.2, 0) is 14.3 Å². The average Bonchev–Trinajstić information content (AvgIpc) is 2.93. The molecule has 0 radical (unpaired) electrons. The van der Waals surface area contributed by atoms with Crippen molar-refractivity contribution < 1.29 is 29.3 Å². The predicted octanol–water partition coefficient (Wildman–Crippen LogP) is 8.59. The molecule has 0 unspecified atom stereocenters. The van der Waals surface area contributed by atoms with Crippen molar-refractivity contribution in [3.63, 3.8) is 0 Å². The van der Waals surface area contributed by atoms with Gasteiger partial charge in [0.1, 0.15) is 22.3 Å². The van der Waals surface area contributed by atoms with Crippen molar-refractivity contribution in [3.8, 4) is 11.5 Å². The standard InChI is InChI=1S/C38H50O6/c1-11-24(6)18-27-21-37-20-26(14-12-22(2)3)35(7,8)38(34(37)43,17-16-23(4)5)32(42)30(33(37)44-36(27,9)10)31(41)25-13-15-28(39)29(40)19-25/h11-13,15-16,19,26-27,39-40H,14,17-18,20-21H2,1-10H3/b24-11+/t26-,27-,37+,38+/m1/s1. The van der Waals surface area contributed by atoms with Crippen molar-refractivity contribution in [3.05, 3.63) is 70.0 Å². The molecule has 4 atom stereocenters. The highest BCUT2D eigenvalue weighted by molar-refractivity contribution is 6.35. The van der Waals surface area contributed by atoms with Crippen LogP contribution in [0.15, 0.2) is 64.5 Å². The third-order valence-corrected chi connectivity index (χ3v) is 10.9. The first-order chi connectivity index (χ1) is 20.4. The Kier molecular flexibility index (Phi) is 8.75. The van der Waals surface area contributed by atoms with Crippen LogP contribution in [-0.4, -0.2) is 33.2 Å². The van der Waals surface area contributed by atoms with E-state index in [1.165, 1.54) is 29.3 Å². The molecule has 1 aromatic carbocycles. The van der Waals surface area contributed by atoms with Gasteiger partial charge in [-0.05, 0) is 117 Å². The number of Topliss-reactive ketones (excluding diaryl/α,β-unsaturated/α-hetero) is 3. The van der Waals surface area contributed by atoms with E-state index in [1.807, 2.05) is 54.5 Å². The second-order valence-electron chi connectivity index (χ2n) is 15.0. The van der Waals surface area contributed by atoms with Crippen molar-refractivity contribution in [1.29, 1.82) is 0 Å². The second kappa shape index (κ2) is 11.5. The number of rotatable bonds is 8. The van der Waals surface area contributed by atoms with Crippen LogP contribution in [0.2, 0.25) is 0 Å². The van der Waals surface area contributed by atoms with E-state index in [-0.39, 0.29) is 46.7 Å². The molecule has 1 heterocycles. The number of phenols is 2. The largest absolute Gasteiger partial charge is 0.504 e. The lowest BCUT2D eigenvalue weighted by Gasteiger charge is -2.64. The van der Waals surface area contributed by atoms with Crippen molar-refractivity contribution in [2.45, 2.75) is 107 Å². The Labute approximate surface area is 263 Å². The van der Waals surface area contributed by atoms with E-state index < -0.39 is 39.2 Å². The number of aromatic hydroxyl groups is 2. The molecule has 2 bridgehead atoms. The van der Waals surface area contributed by atoms with Gasteiger partial charge in [-0.25, -0.2) is 0 Å². The highest BCUT2D eigenvalue weighted by atomic mass is 16.5. The Morgan fingerprint density at radius 3 is 2.11 bits per heavy atom. The van der Waals surface area contributed by atoms with Gasteiger partial charge in [-0.1, -0.05) is 48.8 Å². The van der Waals surface area contributed by atoms with Gasteiger partial charge in [0.2, 0.25) is 0 Å². The molecule has 3 aliphatic rings. The lowest BCUT2D eigenvalue weighted by atomic mass is 9.39. The van der Waals surface area contributed by atoms with Gasteiger partial charge in [0.15, 0.2) is 28.8 Å². The van der Waals surface area contributed by atoms with Gasteiger partial charge in [-0.15, -0.1) is 0 Å². The minimum atomic E-state index is -1.48. The van der Waals surface area contributed by atoms with E-state index in [1.54, 1.807) is 0 Å². The van der Waals surface area contributed by atoms with Gasteiger partial charge in [0.25, 0.3) is 0 Å². The molecule has 44 heavy (non-hydrogen) atoms. The van der Waals surface area contributed by atoms with E-state index in [4.69, 9.17) is 4.74 Å². The summed E-state index contributed by atoms with van der Waals surface area (Å²) in [6.45, 7) is 20.1. The number of ether oxygens (including phenoxy) is 1. The quantitative estimate of drug-likeness (QED) is 0.102. The van der Waals surface area contributed by atoms with Gasteiger partial charge in [-0.3, -0.25) is 14.4 Å². The van der Waals surface area contributed by atoms with Crippen molar-refractivity contribution in [2.24, 2.45) is 28.1 Å². The minimum absolute atomic E-state index is 0.0257. The molecule has 6 nitrogen and oxygen atoms in total. The summed E-state index contributed by atoms with van der Waals surface area (Å²) in [5.41, 5.74) is -0.854. The van der Waals surface area contributed by atoms with Gasteiger partial charge >= 0.3 is 0 Å². The first-order valence-electron chi connectivity index (χ1n) is 15.8. The molecule has 4 rings (SSSR count). The fourth-order valence-corrected chi connectivity index (χ4v) is 7.80. The normalized spacial score (nSPS) is 29.0. The van der Waals surface area contributed by atoms with E-state index in [0.29, 0.717) is 19.3 Å². The highest BCUT2D eigenvalue weighted by Crippen LogP contribution is 2.69. The molecule has 238 valence electrons. The van der Waals surface area contributed by atoms with E-state index in [9.17, 15) is 15.0 Å². The van der Waals surface area contributed by atoms with Crippen LogP contribution in [0.3, 0.4) is 0 Å². The highest BCUT2D eigenvalue weighted by Gasteiger charge is 2.74. The van der Waals surface area contributed by atoms with E-state index >= 15 is 9.59 Å². The summed E-state index contributed by atoms with van der Waals surface area (Å²) in [5, 5.41) is 20.2. The number of phenolic OH excluding ortho intramolecular Hbond substituents is 2. The van der Waals surface area contributed by atoms with Crippen LogP contribution in [0.5, 0.6) is 11.5 Å². The summed E-state index contributed by atoms with van der Waals surface area (Å²) in [6, 6.07) is 3.81. The molecule has 1 saturated heterocycles. The summed E-state index contributed by atoms with van der Waals surface area (Å²) < 4.78 is 6.82. The fourth-order valence-electron chi connectivity index (χ4n) is 7.80. The third kappa shape index (κ3) is 5.18. The first-order valence-corrected chi connectivity index (χ1v) is 15.8. The number of fused-ring (bicyclic) bond motifs is 1. The average molecular weight is 603 g/mol. The number of benzene rings is 1. The molecule has 2 N–H and O–H groups in total. The van der Waals surface area contributed by atoms with Crippen LogP contribution >= 0.6 is 0 Å². The smallest absolute Gasteiger partial charge is 0.200 e. The molecule has 1 saturated carbocycles. The SMILES string of the molecule is C/C=C(\C)C[C@@H]1C[C@@]23C[C@@H](CC=C(C)C)C(C)(C)[C@@](CC=C(C)C)(C(=O)C(C(=O)c4ccc(O)c(O)c4)=C2OC1(C)C)C3=O. The van der Waals surface area contributed by atoms with Crippen LogP contribution in [0.4, 0.5) is 0 Å². The summed E-state index contributed by atoms with van der Waals surface area (Å²) in [7, 11) is 0. The van der Waals surface area contributed by atoms with Crippen LogP contribution in [0, 0.1) is 28.1 Å². The monoisotopic (exact) mass is 602 g/mol. The third-order valence-electron chi connectivity index (χ3n) is 10.9. The van der Waals surface area contributed by atoms with Gasteiger partial charge in [-0.2, -0.15) is 0 Å². The molecule has 0 amide bonds. The Bertz CT molecular complexity index is 1510. The summed E-state index contributed by atoms with van der Waals surface area (Å²) in [5.74, 6) is -1.92. The predicted molar refractivity (Wildman–Crippen MR) is 173 cm³/mol. The van der Waals surface area contributed by atoms with Gasteiger partial charge in [0.05, 0.1) is 5.41 Å². The lowest BCUT2D eigenvalue weighted by Crippen LogP contribution is -2.69. The van der Waals surface area contributed by atoms with Crippen LogP contribution < -0.4 is 0 Å². The minimum Gasteiger partial charge on any atom is -0.504 e. The first kappa shape index (κ1) is 33.5. The molecule has 1 aliphatic heterocycles. The molecule has 1 aromatic rings. The number of ketones is 3. The summed E-state index contributed by atoms with van der Waals surface area (Å²) in [6.07, 6.45) is 8.82. The Morgan fingerprint density at radius 1 is 0.932 bits per heavy atom. The van der Waals surface area contributed by atoms with Crippen LogP contribution in [0.25, 0.3) is 0 Å². The maximum Gasteiger partial charge on any atom is 0.200 e. The fraction of sp³-hybridized carbons (Fsp3) is 0.553. The second-order valence-corrected chi connectivity index (χ2v) is 15.0. The number of carbonyl (C=O) groups excluding carboxylic acids is 3. The van der Waals surface area contributed by atoms with Gasteiger partial charge in [0, 0.05) is 11.5 Å². The molecule has 2 fully saturated rings. The maximum absolute atomic E-state index is 15.3. The lowest BCUT2D eigenvalue weighted by molar-refractivity contribution is -0.188. The number of hydrogen-bond donors (Lipinski definition) is 2. The molecular weight excluding hydrogens is 552 g/mol. The zero-order valence-electron chi connectivity index (χ0n) is 28.2. The van der Waals surface area contributed by atoms with E-state index in [2.05, 4.69) is 32.9 Å². The number of carbonyl (C=O) groups is 3. The van der Waals surface area contributed by atoms with E-state index in [0.717, 1.165) is 12.0 Å². The Balaban J connectivity index is 2.10. The molecule has 6 heteroatoms. The summed E-state index contributed by atoms with van der Waals surface area (Å²) >= 11 is 0. The van der Waals surface area contributed by atoms with Crippen LogP contribution in [0.1, 0.15) is 112 Å². The number of hydrogen-bond acceptors (Lipinski definition) is 6. The Hall–Kier alpha value is -3.41. The Morgan fingerprint density at radius 2 is 1.55 bits per heavy atom. The van der Waals surface area contributed by atoms with Crippen molar-refractivity contribution in [2.75, 3.05) is 0 Å². The number of allylic oxidation sites excluding steroid dienone is 8. The zero-order chi connectivity index (χ0) is 33.0. The topological polar surface area (TPSA) is 101 Å². The maximum atomic E-state index is 15.3. The summed E-state index contributed by atoms with van der Waals surface area (Å²) in [4.78, 5) is 45.0. The zero-order valence-corrected chi connectivity index (χ0v) is 28.2. The van der Waals surface area contributed by atoms with Crippen molar-refractivity contribution >= 4 is 17.3 Å².